The third kappa shape index (κ3) is 2.44. The van der Waals surface area contributed by atoms with Crippen molar-refractivity contribution in [2.75, 3.05) is 0 Å². The molecule has 1 aromatic heterocycles. The van der Waals surface area contributed by atoms with Gasteiger partial charge in [0.1, 0.15) is 0 Å². The van der Waals surface area contributed by atoms with Gasteiger partial charge in [-0.15, -0.1) is 0 Å². The van der Waals surface area contributed by atoms with E-state index in [1.807, 2.05) is 6.07 Å². The van der Waals surface area contributed by atoms with Gasteiger partial charge in [-0.2, -0.15) is 0 Å². The van der Waals surface area contributed by atoms with Gasteiger partial charge in [0.2, 0.25) is 0 Å². The lowest BCUT2D eigenvalue weighted by Gasteiger charge is -2.18. The Labute approximate surface area is 108 Å². The summed E-state index contributed by atoms with van der Waals surface area (Å²) in [4.78, 5) is 4.72. The van der Waals surface area contributed by atoms with Crippen LogP contribution in [0.4, 0.5) is 0 Å². The van der Waals surface area contributed by atoms with Crippen molar-refractivity contribution in [3.8, 4) is 0 Å². The van der Waals surface area contributed by atoms with E-state index in [2.05, 4.69) is 36.4 Å². The molecule has 0 radical (unpaired) electrons. The first-order valence-corrected chi connectivity index (χ1v) is 6.59. The van der Waals surface area contributed by atoms with Crippen molar-refractivity contribution in [3.63, 3.8) is 0 Å². The number of pyridine rings is 1. The van der Waals surface area contributed by atoms with Crippen molar-refractivity contribution in [2.24, 2.45) is 5.73 Å². The van der Waals surface area contributed by atoms with Crippen molar-refractivity contribution in [1.82, 2.24) is 4.98 Å². The summed E-state index contributed by atoms with van der Waals surface area (Å²) >= 11 is 0. The highest BCUT2D eigenvalue weighted by atomic mass is 14.7. The highest BCUT2D eigenvalue weighted by molar-refractivity contribution is 5.78. The van der Waals surface area contributed by atoms with Gasteiger partial charge in [0.15, 0.2) is 0 Å². The number of aromatic nitrogens is 1. The largest absolute Gasteiger partial charge is 0.327 e. The molecular weight excluding hydrogens is 220 g/mol. The Morgan fingerprint density at radius 1 is 1.17 bits per heavy atom. The number of allylic oxidation sites excluding steroid dienone is 1. The summed E-state index contributed by atoms with van der Waals surface area (Å²) < 4.78 is 0. The second-order valence-electron chi connectivity index (χ2n) is 5.07. The fourth-order valence-corrected chi connectivity index (χ4v) is 2.51. The van der Waals surface area contributed by atoms with Crippen LogP contribution in [-0.4, -0.2) is 11.0 Å². The predicted molar refractivity (Wildman–Crippen MR) is 75.4 cm³/mol. The Bertz CT molecular complexity index is 586. The van der Waals surface area contributed by atoms with Gasteiger partial charge in [-0.1, -0.05) is 35.9 Å². The molecular formula is C16H18N2. The molecule has 1 aromatic carbocycles. The summed E-state index contributed by atoms with van der Waals surface area (Å²) in [6.45, 7) is 0. The SMILES string of the molecule is NC1CC=C(Cc2ccc3ccccc3n2)CC1. The van der Waals surface area contributed by atoms with E-state index in [1.165, 1.54) is 11.0 Å². The van der Waals surface area contributed by atoms with E-state index >= 15 is 0 Å². The molecule has 0 aliphatic heterocycles. The van der Waals surface area contributed by atoms with Crippen LogP contribution in [-0.2, 0) is 6.42 Å². The third-order valence-electron chi connectivity index (χ3n) is 3.61. The number of benzene rings is 1. The first-order valence-electron chi connectivity index (χ1n) is 6.59. The molecule has 1 aliphatic rings. The fourth-order valence-electron chi connectivity index (χ4n) is 2.51. The molecule has 2 N–H and O–H groups in total. The molecule has 3 rings (SSSR count). The van der Waals surface area contributed by atoms with Crippen molar-refractivity contribution in [2.45, 2.75) is 31.7 Å². The lowest BCUT2D eigenvalue weighted by Crippen LogP contribution is -2.22. The van der Waals surface area contributed by atoms with Gasteiger partial charge >= 0.3 is 0 Å². The minimum Gasteiger partial charge on any atom is -0.327 e. The zero-order chi connectivity index (χ0) is 12.4. The molecule has 2 heteroatoms. The lowest BCUT2D eigenvalue weighted by atomic mass is 9.93. The average molecular weight is 238 g/mol. The van der Waals surface area contributed by atoms with E-state index < -0.39 is 0 Å². The van der Waals surface area contributed by atoms with Crippen LogP contribution in [0.15, 0.2) is 48.0 Å². The number of nitrogens with two attached hydrogens (primary N) is 1. The summed E-state index contributed by atoms with van der Waals surface area (Å²) in [5.41, 5.74) is 9.64. The summed E-state index contributed by atoms with van der Waals surface area (Å²) in [6, 6.07) is 12.9. The molecule has 2 aromatic rings. The zero-order valence-electron chi connectivity index (χ0n) is 10.5. The molecule has 0 fully saturated rings. The Kier molecular flexibility index (Phi) is 3.11. The number of fused-ring (bicyclic) bond motifs is 1. The van der Waals surface area contributed by atoms with Gasteiger partial charge in [-0.25, -0.2) is 0 Å². The molecule has 0 saturated carbocycles. The number of para-hydroxylation sites is 1. The Hall–Kier alpha value is -1.67. The van der Waals surface area contributed by atoms with Gasteiger partial charge in [0.25, 0.3) is 0 Å². The maximum atomic E-state index is 5.90. The van der Waals surface area contributed by atoms with Crippen molar-refractivity contribution >= 4 is 10.9 Å². The molecule has 0 saturated heterocycles. The Morgan fingerprint density at radius 3 is 2.89 bits per heavy atom. The molecule has 1 heterocycles. The van der Waals surface area contributed by atoms with Crippen molar-refractivity contribution in [1.29, 1.82) is 0 Å². The van der Waals surface area contributed by atoms with Crippen LogP contribution in [0.1, 0.15) is 25.0 Å². The van der Waals surface area contributed by atoms with Crippen LogP contribution in [0.5, 0.6) is 0 Å². The Balaban J connectivity index is 1.82. The van der Waals surface area contributed by atoms with Crippen LogP contribution in [0.3, 0.4) is 0 Å². The third-order valence-corrected chi connectivity index (χ3v) is 3.61. The fraction of sp³-hybridized carbons (Fsp3) is 0.312. The van der Waals surface area contributed by atoms with Crippen LogP contribution in [0.25, 0.3) is 10.9 Å². The molecule has 1 aliphatic carbocycles. The molecule has 0 amide bonds. The van der Waals surface area contributed by atoms with E-state index in [-0.39, 0.29) is 0 Å². The van der Waals surface area contributed by atoms with E-state index in [9.17, 15) is 0 Å². The minimum atomic E-state index is 0.360. The van der Waals surface area contributed by atoms with E-state index in [4.69, 9.17) is 10.7 Å². The van der Waals surface area contributed by atoms with Crippen LogP contribution in [0.2, 0.25) is 0 Å². The summed E-state index contributed by atoms with van der Waals surface area (Å²) in [6.07, 6.45) is 6.51. The first-order chi connectivity index (χ1) is 8.81. The smallest absolute Gasteiger partial charge is 0.0705 e. The summed E-state index contributed by atoms with van der Waals surface area (Å²) in [7, 11) is 0. The average Bonchev–Trinajstić information content (AvgIpc) is 2.41. The van der Waals surface area contributed by atoms with Crippen LogP contribution in [0, 0.1) is 0 Å². The van der Waals surface area contributed by atoms with E-state index in [1.54, 1.807) is 0 Å². The normalized spacial score (nSPS) is 19.8. The second-order valence-corrected chi connectivity index (χ2v) is 5.07. The highest BCUT2D eigenvalue weighted by Gasteiger charge is 2.11. The summed E-state index contributed by atoms with van der Waals surface area (Å²) in [5, 5.41) is 1.21. The summed E-state index contributed by atoms with van der Waals surface area (Å²) in [5.74, 6) is 0. The molecule has 0 bridgehead atoms. The minimum absolute atomic E-state index is 0.360. The Morgan fingerprint density at radius 2 is 2.06 bits per heavy atom. The first kappa shape index (κ1) is 11.4. The molecule has 92 valence electrons. The molecule has 18 heavy (non-hydrogen) atoms. The van der Waals surface area contributed by atoms with Crippen LogP contribution >= 0.6 is 0 Å². The van der Waals surface area contributed by atoms with Crippen molar-refractivity contribution in [3.05, 3.63) is 53.7 Å². The predicted octanol–water partition coefficient (Wildman–Crippen LogP) is 3.21. The number of hydrogen-bond acceptors (Lipinski definition) is 2. The number of nitrogens with zero attached hydrogens (tertiary/aromatic N) is 1. The maximum Gasteiger partial charge on any atom is 0.0705 e. The quantitative estimate of drug-likeness (QED) is 0.816. The highest BCUT2D eigenvalue weighted by Crippen LogP contribution is 2.21. The number of rotatable bonds is 2. The van der Waals surface area contributed by atoms with Gasteiger partial charge < -0.3 is 5.73 Å². The number of hydrogen-bond donors (Lipinski definition) is 1. The molecule has 2 nitrogen and oxygen atoms in total. The molecule has 1 unspecified atom stereocenters. The van der Waals surface area contributed by atoms with Crippen molar-refractivity contribution < 1.29 is 0 Å². The zero-order valence-corrected chi connectivity index (χ0v) is 10.5. The topological polar surface area (TPSA) is 38.9 Å². The van der Waals surface area contributed by atoms with Gasteiger partial charge in [0.05, 0.1) is 5.52 Å². The van der Waals surface area contributed by atoms with Gasteiger partial charge in [0, 0.05) is 23.5 Å². The maximum absolute atomic E-state index is 5.90. The van der Waals surface area contributed by atoms with E-state index in [0.717, 1.165) is 36.9 Å². The monoisotopic (exact) mass is 238 g/mol. The second kappa shape index (κ2) is 4.91. The van der Waals surface area contributed by atoms with Gasteiger partial charge in [-0.3, -0.25) is 4.98 Å². The molecule has 0 spiro atoms. The molecule has 1 atom stereocenters. The lowest BCUT2D eigenvalue weighted by molar-refractivity contribution is 0.583. The standard InChI is InChI=1S/C16H18N2/c17-14-8-5-12(6-9-14)11-15-10-7-13-3-1-2-4-16(13)18-15/h1-5,7,10,14H,6,8-9,11,17H2. The van der Waals surface area contributed by atoms with E-state index in [0.29, 0.717) is 6.04 Å². The van der Waals surface area contributed by atoms with Crippen LogP contribution < -0.4 is 5.73 Å². The van der Waals surface area contributed by atoms with Gasteiger partial charge in [-0.05, 0) is 31.4 Å².